The molecule has 0 aliphatic carbocycles. The molecule has 7 nitrogen and oxygen atoms in total. The van der Waals surface area contributed by atoms with Crippen LogP contribution in [0.1, 0.15) is 22.8 Å². The number of aryl methyl sites for hydroxylation is 1. The zero-order chi connectivity index (χ0) is 22.3. The van der Waals surface area contributed by atoms with Crippen molar-refractivity contribution < 1.29 is 26.0 Å². The Hall–Kier alpha value is -2.30. The number of sulfonamides is 1. The number of carbonyl (C=O) groups is 1. The average Bonchev–Trinajstić information content (AvgIpc) is 2.67. The van der Waals surface area contributed by atoms with E-state index in [2.05, 4.69) is 0 Å². The summed E-state index contributed by atoms with van der Waals surface area (Å²) < 4.78 is 65.6. The first-order valence-corrected chi connectivity index (χ1v) is 12.6. The minimum Gasteiger partial charge on any atom is -0.367 e. The molecule has 10 heteroatoms. The second-order valence-corrected chi connectivity index (χ2v) is 11.2. The van der Waals surface area contributed by atoms with Crippen molar-refractivity contribution in [3.8, 4) is 0 Å². The van der Waals surface area contributed by atoms with E-state index in [1.54, 1.807) is 17.9 Å². The quantitative estimate of drug-likeness (QED) is 0.644. The SMILES string of the molecule is CC(=O)c1ccc(N2CCN(S(=O)(=O)c3cc(S(C)(=O)=O)ccc3C)CC2)c(F)c1. The van der Waals surface area contributed by atoms with Crippen molar-refractivity contribution in [3.63, 3.8) is 0 Å². The van der Waals surface area contributed by atoms with Gasteiger partial charge >= 0.3 is 0 Å². The Morgan fingerprint density at radius 3 is 2.13 bits per heavy atom. The molecule has 0 saturated carbocycles. The van der Waals surface area contributed by atoms with Crippen LogP contribution in [-0.4, -0.2) is 59.4 Å². The van der Waals surface area contributed by atoms with Crippen LogP contribution in [0.15, 0.2) is 46.2 Å². The maximum absolute atomic E-state index is 14.4. The number of Topliss-reactive ketones (excluding diaryl/α,β-unsaturated/α-hetero) is 1. The molecule has 1 saturated heterocycles. The van der Waals surface area contributed by atoms with Crippen LogP contribution in [0.3, 0.4) is 0 Å². The number of nitrogens with zero attached hydrogens (tertiary/aromatic N) is 2. The van der Waals surface area contributed by atoms with Gasteiger partial charge in [0.1, 0.15) is 5.82 Å². The molecule has 1 aliphatic rings. The molecule has 0 unspecified atom stereocenters. The average molecular weight is 455 g/mol. The van der Waals surface area contributed by atoms with E-state index in [1.165, 1.54) is 41.6 Å². The van der Waals surface area contributed by atoms with Gasteiger partial charge in [-0.05, 0) is 49.7 Å². The molecule has 1 fully saturated rings. The molecule has 0 bridgehead atoms. The van der Waals surface area contributed by atoms with Crippen LogP contribution < -0.4 is 4.90 Å². The molecule has 2 aromatic rings. The topological polar surface area (TPSA) is 91.8 Å². The number of piperazine rings is 1. The fourth-order valence-electron chi connectivity index (χ4n) is 3.38. The van der Waals surface area contributed by atoms with E-state index in [0.717, 1.165) is 6.26 Å². The van der Waals surface area contributed by atoms with Crippen molar-refractivity contribution >= 4 is 31.3 Å². The lowest BCUT2D eigenvalue weighted by Gasteiger charge is -2.35. The number of halogens is 1. The second kappa shape index (κ2) is 8.09. The summed E-state index contributed by atoms with van der Waals surface area (Å²) in [7, 11) is -7.45. The summed E-state index contributed by atoms with van der Waals surface area (Å²) in [4.78, 5) is 13.0. The van der Waals surface area contributed by atoms with Crippen LogP contribution in [-0.2, 0) is 19.9 Å². The first-order chi connectivity index (χ1) is 13.9. The molecule has 0 aromatic heterocycles. The highest BCUT2D eigenvalue weighted by molar-refractivity contribution is 7.91. The van der Waals surface area contributed by atoms with E-state index < -0.39 is 25.7 Å². The van der Waals surface area contributed by atoms with Gasteiger partial charge in [-0.15, -0.1) is 0 Å². The van der Waals surface area contributed by atoms with Gasteiger partial charge in [-0.1, -0.05) is 6.07 Å². The number of hydrogen-bond donors (Lipinski definition) is 0. The third-order valence-electron chi connectivity index (χ3n) is 5.14. The Balaban J connectivity index is 1.82. The summed E-state index contributed by atoms with van der Waals surface area (Å²) >= 11 is 0. The monoisotopic (exact) mass is 454 g/mol. The zero-order valence-corrected chi connectivity index (χ0v) is 18.6. The second-order valence-electron chi connectivity index (χ2n) is 7.31. The van der Waals surface area contributed by atoms with Gasteiger partial charge in [0.25, 0.3) is 0 Å². The third-order valence-corrected chi connectivity index (χ3v) is 8.29. The molecule has 2 aromatic carbocycles. The summed E-state index contributed by atoms with van der Waals surface area (Å²) in [5, 5.41) is 0. The van der Waals surface area contributed by atoms with Crippen molar-refractivity contribution in [3.05, 3.63) is 53.3 Å². The Morgan fingerprint density at radius 1 is 0.967 bits per heavy atom. The van der Waals surface area contributed by atoms with Gasteiger partial charge in [-0.3, -0.25) is 4.79 Å². The predicted octanol–water partition coefficient (Wildman–Crippen LogP) is 2.25. The first kappa shape index (κ1) is 22.4. The summed E-state index contributed by atoms with van der Waals surface area (Å²) in [5.74, 6) is -0.765. The van der Waals surface area contributed by atoms with Crippen LogP contribution in [0, 0.1) is 12.7 Å². The van der Waals surface area contributed by atoms with Crippen molar-refractivity contribution in [1.29, 1.82) is 0 Å². The lowest BCUT2D eigenvalue weighted by atomic mass is 10.1. The van der Waals surface area contributed by atoms with Gasteiger partial charge in [-0.2, -0.15) is 4.31 Å². The van der Waals surface area contributed by atoms with Crippen molar-refractivity contribution in [2.45, 2.75) is 23.6 Å². The molecule has 1 aliphatic heterocycles. The number of sulfone groups is 1. The van der Waals surface area contributed by atoms with Crippen LogP contribution in [0.4, 0.5) is 10.1 Å². The molecule has 30 heavy (non-hydrogen) atoms. The molecular formula is C20H23FN2O5S2. The van der Waals surface area contributed by atoms with Gasteiger partial charge in [0.05, 0.1) is 15.5 Å². The Bertz CT molecular complexity index is 1200. The molecule has 0 amide bonds. The lowest BCUT2D eigenvalue weighted by Crippen LogP contribution is -2.49. The number of ketones is 1. The lowest BCUT2D eigenvalue weighted by molar-refractivity contribution is 0.101. The highest BCUT2D eigenvalue weighted by atomic mass is 32.2. The fraction of sp³-hybridized carbons (Fsp3) is 0.350. The highest BCUT2D eigenvalue weighted by Crippen LogP contribution is 2.27. The molecule has 0 atom stereocenters. The summed E-state index contributed by atoms with van der Waals surface area (Å²) in [6, 6.07) is 8.30. The predicted molar refractivity (Wildman–Crippen MR) is 112 cm³/mol. The number of carbonyl (C=O) groups excluding carboxylic acids is 1. The highest BCUT2D eigenvalue weighted by Gasteiger charge is 2.31. The van der Waals surface area contributed by atoms with Gasteiger partial charge in [-0.25, -0.2) is 21.2 Å². The van der Waals surface area contributed by atoms with Crippen molar-refractivity contribution in [2.24, 2.45) is 0 Å². The van der Waals surface area contributed by atoms with E-state index in [9.17, 15) is 26.0 Å². The van der Waals surface area contributed by atoms with Crippen LogP contribution >= 0.6 is 0 Å². The molecule has 0 spiro atoms. The van der Waals surface area contributed by atoms with E-state index in [-0.39, 0.29) is 47.3 Å². The van der Waals surface area contributed by atoms with Crippen LogP contribution in [0.2, 0.25) is 0 Å². The molecule has 0 radical (unpaired) electrons. The molecule has 0 N–H and O–H groups in total. The van der Waals surface area contributed by atoms with Crippen LogP contribution in [0.5, 0.6) is 0 Å². The normalized spacial score (nSPS) is 15.9. The van der Waals surface area contributed by atoms with E-state index in [4.69, 9.17) is 0 Å². The maximum atomic E-state index is 14.4. The third kappa shape index (κ3) is 4.40. The minimum atomic E-state index is -3.91. The number of hydrogen-bond acceptors (Lipinski definition) is 6. The smallest absolute Gasteiger partial charge is 0.243 e. The molecule has 1 heterocycles. The van der Waals surface area contributed by atoms with E-state index in [1.807, 2.05) is 0 Å². The fourth-order valence-corrected chi connectivity index (χ4v) is 5.77. The maximum Gasteiger partial charge on any atom is 0.243 e. The summed E-state index contributed by atoms with van der Waals surface area (Å²) in [6.45, 7) is 3.75. The van der Waals surface area contributed by atoms with Gasteiger partial charge in [0.2, 0.25) is 10.0 Å². The van der Waals surface area contributed by atoms with E-state index in [0.29, 0.717) is 11.3 Å². The molecule has 3 rings (SSSR count). The number of benzene rings is 2. The van der Waals surface area contributed by atoms with Crippen molar-refractivity contribution in [1.82, 2.24) is 4.31 Å². The van der Waals surface area contributed by atoms with Crippen molar-refractivity contribution in [2.75, 3.05) is 37.3 Å². The minimum absolute atomic E-state index is 0.0455. The van der Waals surface area contributed by atoms with Crippen LogP contribution in [0.25, 0.3) is 0 Å². The van der Waals surface area contributed by atoms with E-state index >= 15 is 0 Å². The molecular weight excluding hydrogens is 431 g/mol. The molecule has 162 valence electrons. The number of rotatable bonds is 5. The number of anilines is 1. The van der Waals surface area contributed by atoms with Gasteiger partial charge in [0, 0.05) is 38.0 Å². The largest absolute Gasteiger partial charge is 0.367 e. The van der Waals surface area contributed by atoms with Gasteiger partial charge in [0.15, 0.2) is 15.6 Å². The zero-order valence-electron chi connectivity index (χ0n) is 16.9. The summed E-state index contributed by atoms with van der Waals surface area (Å²) in [5.41, 5.74) is 1.04. The van der Waals surface area contributed by atoms with Gasteiger partial charge < -0.3 is 4.90 Å². The first-order valence-electron chi connectivity index (χ1n) is 9.27. The Labute approximate surface area is 176 Å². The Kier molecular flexibility index (Phi) is 6.03. The standard InChI is InChI=1S/C20H23FN2O5S2/c1-14-4-6-17(29(3,25)26)13-20(14)30(27,28)23-10-8-22(9-11-23)19-7-5-16(15(2)24)12-18(19)21/h4-7,12-13H,8-11H2,1-3H3. The summed E-state index contributed by atoms with van der Waals surface area (Å²) in [6.07, 6.45) is 1.03. The Morgan fingerprint density at radius 2 is 1.60 bits per heavy atom.